The number of nitrogen functional groups attached to an aromatic ring is 1. The molecule has 0 aliphatic rings. The fourth-order valence-electron chi connectivity index (χ4n) is 1.56. The van der Waals surface area contributed by atoms with Crippen LogP contribution in [0.1, 0.15) is 11.1 Å². The van der Waals surface area contributed by atoms with Gasteiger partial charge in [0.2, 0.25) is 0 Å². The van der Waals surface area contributed by atoms with E-state index in [1.807, 2.05) is 18.2 Å². The third kappa shape index (κ3) is 3.18. The van der Waals surface area contributed by atoms with Gasteiger partial charge in [-0.05, 0) is 36.2 Å². The predicted octanol–water partition coefficient (Wildman–Crippen LogP) is 4.52. The minimum absolute atomic E-state index is 0.752. The molecule has 0 fully saturated rings. The van der Waals surface area contributed by atoms with Gasteiger partial charge in [-0.25, -0.2) is 0 Å². The molecule has 0 radical (unpaired) electrons. The van der Waals surface area contributed by atoms with E-state index in [4.69, 9.17) is 17.3 Å². The van der Waals surface area contributed by atoms with Crippen molar-refractivity contribution >= 4 is 29.1 Å². The molecule has 0 amide bonds. The van der Waals surface area contributed by atoms with Gasteiger partial charge in [0.15, 0.2) is 0 Å². The van der Waals surface area contributed by atoms with E-state index in [1.165, 1.54) is 11.1 Å². The summed E-state index contributed by atoms with van der Waals surface area (Å²) in [5, 5.41) is 0.762. The van der Waals surface area contributed by atoms with Crippen LogP contribution in [0, 0.1) is 6.92 Å². The Morgan fingerprint density at radius 1 is 1.18 bits per heavy atom. The van der Waals surface area contributed by atoms with Crippen LogP contribution in [0.3, 0.4) is 0 Å². The summed E-state index contributed by atoms with van der Waals surface area (Å²) in [6.07, 6.45) is 0. The molecule has 17 heavy (non-hydrogen) atoms. The molecule has 0 heterocycles. The zero-order valence-corrected chi connectivity index (χ0v) is 11.2. The van der Waals surface area contributed by atoms with Crippen molar-refractivity contribution in [2.24, 2.45) is 0 Å². The first-order valence-corrected chi connectivity index (χ1v) is 6.75. The van der Waals surface area contributed by atoms with Crippen molar-refractivity contribution in [2.75, 3.05) is 5.73 Å². The second kappa shape index (κ2) is 5.48. The Labute approximate surface area is 111 Å². The monoisotopic (exact) mass is 263 g/mol. The summed E-state index contributed by atoms with van der Waals surface area (Å²) in [6.45, 7) is 2.12. The number of aryl methyl sites for hydroxylation is 1. The Balaban J connectivity index is 2.12. The highest BCUT2D eigenvalue weighted by Gasteiger charge is 2.03. The van der Waals surface area contributed by atoms with Gasteiger partial charge in [0.25, 0.3) is 0 Å². The van der Waals surface area contributed by atoms with Crippen LogP contribution < -0.4 is 5.73 Å². The van der Waals surface area contributed by atoms with Gasteiger partial charge in [-0.15, -0.1) is 11.8 Å². The minimum atomic E-state index is 0.752. The molecule has 0 saturated carbocycles. The van der Waals surface area contributed by atoms with Crippen molar-refractivity contribution in [3.8, 4) is 0 Å². The number of hydrogen-bond acceptors (Lipinski definition) is 2. The maximum Gasteiger partial charge on any atom is 0.0543 e. The number of thioether (sulfide) groups is 1. The molecule has 0 spiro atoms. The Kier molecular flexibility index (Phi) is 3.97. The van der Waals surface area contributed by atoms with Gasteiger partial charge in [0.05, 0.1) is 5.02 Å². The minimum Gasteiger partial charge on any atom is -0.399 e. The molecule has 2 aromatic rings. The fourth-order valence-corrected chi connectivity index (χ4v) is 2.90. The van der Waals surface area contributed by atoms with Gasteiger partial charge < -0.3 is 5.73 Å². The third-order valence-electron chi connectivity index (χ3n) is 2.60. The Morgan fingerprint density at radius 3 is 2.71 bits per heavy atom. The van der Waals surface area contributed by atoms with Crippen LogP contribution in [-0.4, -0.2) is 0 Å². The molecule has 0 atom stereocenters. The number of benzene rings is 2. The van der Waals surface area contributed by atoms with Gasteiger partial charge in [0, 0.05) is 16.3 Å². The highest BCUT2D eigenvalue weighted by Crippen LogP contribution is 2.31. The average molecular weight is 264 g/mol. The maximum absolute atomic E-state index is 6.13. The van der Waals surface area contributed by atoms with Crippen molar-refractivity contribution in [1.82, 2.24) is 0 Å². The van der Waals surface area contributed by atoms with Crippen LogP contribution in [0.4, 0.5) is 5.69 Å². The zero-order valence-electron chi connectivity index (χ0n) is 9.61. The highest BCUT2D eigenvalue weighted by molar-refractivity contribution is 7.98. The molecule has 0 aliphatic heterocycles. The molecule has 0 unspecified atom stereocenters. The van der Waals surface area contributed by atoms with E-state index in [2.05, 4.69) is 31.2 Å². The Hall–Kier alpha value is -1.12. The lowest BCUT2D eigenvalue weighted by Gasteiger charge is -2.07. The van der Waals surface area contributed by atoms with E-state index < -0.39 is 0 Å². The number of anilines is 1. The number of nitrogens with two attached hydrogens (primary N) is 1. The predicted molar refractivity (Wildman–Crippen MR) is 76.6 cm³/mol. The first-order valence-electron chi connectivity index (χ1n) is 5.39. The highest BCUT2D eigenvalue weighted by atomic mass is 35.5. The zero-order chi connectivity index (χ0) is 12.3. The molecule has 88 valence electrons. The standard InChI is InChI=1S/C14H14ClNS/c1-10-4-2-3-5-11(10)9-17-14-8-12(16)6-7-13(14)15/h2-8H,9,16H2,1H3. The molecular formula is C14H14ClNS. The molecular weight excluding hydrogens is 250 g/mol. The summed E-state index contributed by atoms with van der Waals surface area (Å²) in [5.41, 5.74) is 9.14. The molecule has 0 saturated heterocycles. The second-order valence-corrected chi connectivity index (χ2v) is 5.33. The fraction of sp³-hybridized carbons (Fsp3) is 0.143. The first kappa shape index (κ1) is 12.3. The van der Waals surface area contributed by atoms with E-state index in [1.54, 1.807) is 11.8 Å². The maximum atomic E-state index is 6.13. The number of hydrogen-bond donors (Lipinski definition) is 1. The molecule has 1 nitrogen and oxygen atoms in total. The van der Waals surface area contributed by atoms with Crippen molar-refractivity contribution < 1.29 is 0 Å². The molecule has 2 rings (SSSR count). The van der Waals surface area contributed by atoms with E-state index in [-0.39, 0.29) is 0 Å². The third-order valence-corrected chi connectivity index (χ3v) is 4.15. The SMILES string of the molecule is Cc1ccccc1CSc1cc(N)ccc1Cl. The van der Waals surface area contributed by atoms with Crippen molar-refractivity contribution in [3.05, 3.63) is 58.6 Å². The van der Waals surface area contributed by atoms with Crippen LogP contribution in [0.5, 0.6) is 0 Å². The van der Waals surface area contributed by atoms with Crippen LogP contribution >= 0.6 is 23.4 Å². The van der Waals surface area contributed by atoms with Gasteiger partial charge in [0.1, 0.15) is 0 Å². The van der Waals surface area contributed by atoms with Crippen molar-refractivity contribution in [2.45, 2.75) is 17.6 Å². The van der Waals surface area contributed by atoms with Gasteiger partial charge in [-0.1, -0.05) is 35.9 Å². The second-order valence-electron chi connectivity index (χ2n) is 3.91. The summed E-state index contributed by atoms with van der Waals surface area (Å²) in [6, 6.07) is 14.0. The lowest BCUT2D eigenvalue weighted by atomic mass is 10.1. The van der Waals surface area contributed by atoms with E-state index in [0.717, 1.165) is 21.4 Å². The molecule has 0 aromatic heterocycles. The van der Waals surface area contributed by atoms with Gasteiger partial charge in [-0.3, -0.25) is 0 Å². The lowest BCUT2D eigenvalue weighted by Crippen LogP contribution is -1.88. The number of halogens is 1. The van der Waals surface area contributed by atoms with Crippen LogP contribution in [0.15, 0.2) is 47.4 Å². The summed E-state index contributed by atoms with van der Waals surface area (Å²) in [7, 11) is 0. The molecule has 0 bridgehead atoms. The first-order chi connectivity index (χ1) is 8.16. The Morgan fingerprint density at radius 2 is 1.94 bits per heavy atom. The normalized spacial score (nSPS) is 10.5. The van der Waals surface area contributed by atoms with E-state index >= 15 is 0 Å². The van der Waals surface area contributed by atoms with Crippen molar-refractivity contribution in [3.63, 3.8) is 0 Å². The largest absolute Gasteiger partial charge is 0.399 e. The summed E-state index contributed by atoms with van der Waals surface area (Å²) in [4.78, 5) is 1.04. The lowest BCUT2D eigenvalue weighted by molar-refractivity contribution is 1.30. The van der Waals surface area contributed by atoms with Crippen LogP contribution in [0.2, 0.25) is 5.02 Å². The molecule has 0 aliphatic carbocycles. The average Bonchev–Trinajstić information content (AvgIpc) is 2.32. The summed E-state index contributed by atoms with van der Waals surface area (Å²) >= 11 is 7.84. The van der Waals surface area contributed by atoms with E-state index in [0.29, 0.717) is 0 Å². The molecule has 2 aromatic carbocycles. The van der Waals surface area contributed by atoms with Crippen LogP contribution in [0.25, 0.3) is 0 Å². The topological polar surface area (TPSA) is 26.0 Å². The Bertz CT molecular complexity index is 525. The quantitative estimate of drug-likeness (QED) is 0.651. The summed E-state index contributed by atoms with van der Waals surface area (Å²) in [5.74, 6) is 0.913. The van der Waals surface area contributed by atoms with Gasteiger partial charge in [-0.2, -0.15) is 0 Å². The molecule has 3 heteroatoms. The van der Waals surface area contributed by atoms with Gasteiger partial charge >= 0.3 is 0 Å². The van der Waals surface area contributed by atoms with E-state index in [9.17, 15) is 0 Å². The summed E-state index contributed by atoms with van der Waals surface area (Å²) < 4.78 is 0. The van der Waals surface area contributed by atoms with Crippen LogP contribution in [-0.2, 0) is 5.75 Å². The molecule has 2 N–H and O–H groups in total. The smallest absolute Gasteiger partial charge is 0.0543 e. The number of rotatable bonds is 3. The van der Waals surface area contributed by atoms with Crippen molar-refractivity contribution in [1.29, 1.82) is 0 Å².